The van der Waals surface area contributed by atoms with E-state index in [4.69, 9.17) is 14.2 Å². The summed E-state index contributed by atoms with van der Waals surface area (Å²) in [5.74, 6) is 2.47. The fourth-order valence-corrected chi connectivity index (χ4v) is 2.35. The Hall–Kier alpha value is -3.01. The smallest absolute Gasteiger partial charge is 0.138 e. The standard InChI is InChI=1S/C20H17FO3/c1-22-16-7-9-17(10-8-16)24-20-13-18(23-2)11-12-19(20)14-3-5-15(21)6-4-14/h3-13H,1-2H3. The summed E-state index contributed by atoms with van der Waals surface area (Å²) in [5.41, 5.74) is 1.72. The van der Waals surface area contributed by atoms with Gasteiger partial charge in [-0.05, 0) is 54.1 Å². The molecular formula is C20H17FO3. The first-order valence-electron chi connectivity index (χ1n) is 7.45. The lowest BCUT2D eigenvalue weighted by molar-refractivity contribution is 0.407. The second kappa shape index (κ2) is 7.04. The van der Waals surface area contributed by atoms with Crippen LogP contribution < -0.4 is 14.2 Å². The molecule has 3 nitrogen and oxygen atoms in total. The van der Waals surface area contributed by atoms with Crippen LogP contribution in [-0.4, -0.2) is 14.2 Å². The molecule has 3 aromatic carbocycles. The van der Waals surface area contributed by atoms with Crippen molar-refractivity contribution in [2.24, 2.45) is 0 Å². The first-order chi connectivity index (χ1) is 11.7. The van der Waals surface area contributed by atoms with E-state index in [9.17, 15) is 4.39 Å². The van der Waals surface area contributed by atoms with Crippen LogP contribution in [0.3, 0.4) is 0 Å². The third-order valence-electron chi connectivity index (χ3n) is 3.63. The minimum Gasteiger partial charge on any atom is -0.497 e. The van der Waals surface area contributed by atoms with Crippen molar-refractivity contribution in [3.63, 3.8) is 0 Å². The summed E-state index contributed by atoms with van der Waals surface area (Å²) in [6.07, 6.45) is 0. The Morgan fingerprint density at radius 2 is 1.25 bits per heavy atom. The normalized spacial score (nSPS) is 10.3. The number of benzene rings is 3. The van der Waals surface area contributed by atoms with E-state index in [2.05, 4.69) is 0 Å². The maximum absolute atomic E-state index is 13.2. The Labute approximate surface area is 140 Å². The van der Waals surface area contributed by atoms with Gasteiger partial charge in [0.05, 0.1) is 14.2 Å². The molecule has 4 heteroatoms. The summed E-state index contributed by atoms with van der Waals surface area (Å²) in [5, 5.41) is 0. The van der Waals surface area contributed by atoms with Crippen molar-refractivity contribution < 1.29 is 18.6 Å². The second-order valence-electron chi connectivity index (χ2n) is 5.15. The van der Waals surface area contributed by atoms with Gasteiger partial charge in [0.15, 0.2) is 0 Å². The quantitative estimate of drug-likeness (QED) is 0.637. The summed E-state index contributed by atoms with van der Waals surface area (Å²) in [4.78, 5) is 0. The number of rotatable bonds is 5. The van der Waals surface area contributed by atoms with Crippen molar-refractivity contribution in [2.45, 2.75) is 0 Å². The van der Waals surface area contributed by atoms with Crippen LogP contribution in [0, 0.1) is 5.82 Å². The number of methoxy groups -OCH3 is 2. The van der Waals surface area contributed by atoms with Crippen LogP contribution >= 0.6 is 0 Å². The highest BCUT2D eigenvalue weighted by Crippen LogP contribution is 2.36. The van der Waals surface area contributed by atoms with Crippen LogP contribution in [0.25, 0.3) is 11.1 Å². The number of hydrogen-bond donors (Lipinski definition) is 0. The molecular weight excluding hydrogens is 307 g/mol. The molecule has 0 heterocycles. The number of halogens is 1. The van der Waals surface area contributed by atoms with Gasteiger partial charge in [-0.2, -0.15) is 0 Å². The number of hydrogen-bond acceptors (Lipinski definition) is 3. The molecule has 0 aliphatic rings. The first-order valence-corrected chi connectivity index (χ1v) is 7.45. The summed E-state index contributed by atoms with van der Waals surface area (Å²) in [7, 11) is 3.22. The van der Waals surface area contributed by atoms with E-state index in [-0.39, 0.29) is 5.82 Å². The van der Waals surface area contributed by atoms with Gasteiger partial charge in [-0.1, -0.05) is 12.1 Å². The van der Waals surface area contributed by atoms with E-state index in [1.54, 1.807) is 26.4 Å². The molecule has 0 N–H and O–H groups in total. The Bertz CT molecular complexity index is 811. The average Bonchev–Trinajstić information content (AvgIpc) is 2.63. The zero-order valence-electron chi connectivity index (χ0n) is 13.5. The molecule has 0 bridgehead atoms. The van der Waals surface area contributed by atoms with Gasteiger partial charge >= 0.3 is 0 Å². The van der Waals surface area contributed by atoms with E-state index < -0.39 is 0 Å². The van der Waals surface area contributed by atoms with E-state index in [1.165, 1.54) is 12.1 Å². The highest BCUT2D eigenvalue weighted by molar-refractivity contribution is 5.72. The average molecular weight is 324 g/mol. The van der Waals surface area contributed by atoms with Crippen LogP contribution in [-0.2, 0) is 0 Å². The van der Waals surface area contributed by atoms with Crippen molar-refractivity contribution >= 4 is 0 Å². The fraction of sp³-hybridized carbons (Fsp3) is 0.100. The van der Waals surface area contributed by atoms with Crippen molar-refractivity contribution in [2.75, 3.05) is 14.2 Å². The van der Waals surface area contributed by atoms with Gasteiger partial charge < -0.3 is 14.2 Å². The van der Waals surface area contributed by atoms with E-state index >= 15 is 0 Å². The monoisotopic (exact) mass is 324 g/mol. The van der Waals surface area contributed by atoms with Gasteiger partial charge in [0.2, 0.25) is 0 Å². The molecule has 3 rings (SSSR count). The predicted octanol–water partition coefficient (Wildman–Crippen LogP) is 5.30. The lowest BCUT2D eigenvalue weighted by Gasteiger charge is -2.13. The lowest BCUT2D eigenvalue weighted by Crippen LogP contribution is -1.91. The van der Waals surface area contributed by atoms with Crippen molar-refractivity contribution in [1.29, 1.82) is 0 Å². The van der Waals surface area contributed by atoms with Gasteiger partial charge in [0.25, 0.3) is 0 Å². The van der Waals surface area contributed by atoms with E-state index in [0.717, 1.165) is 16.9 Å². The first kappa shape index (κ1) is 15.9. The Balaban J connectivity index is 1.98. The predicted molar refractivity (Wildman–Crippen MR) is 91.5 cm³/mol. The Morgan fingerprint density at radius 3 is 1.88 bits per heavy atom. The molecule has 0 aromatic heterocycles. The maximum Gasteiger partial charge on any atom is 0.138 e. The zero-order chi connectivity index (χ0) is 16.9. The van der Waals surface area contributed by atoms with Crippen LogP contribution in [0.5, 0.6) is 23.0 Å². The lowest BCUT2D eigenvalue weighted by atomic mass is 10.0. The topological polar surface area (TPSA) is 27.7 Å². The van der Waals surface area contributed by atoms with Gasteiger partial charge in [0.1, 0.15) is 28.8 Å². The molecule has 0 unspecified atom stereocenters. The molecule has 3 aromatic rings. The van der Waals surface area contributed by atoms with Gasteiger partial charge in [-0.15, -0.1) is 0 Å². The maximum atomic E-state index is 13.2. The molecule has 0 atom stereocenters. The Morgan fingerprint density at radius 1 is 0.667 bits per heavy atom. The highest BCUT2D eigenvalue weighted by Gasteiger charge is 2.10. The van der Waals surface area contributed by atoms with Crippen LogP contribution in [0.4, 0.5) is 4.39 Å². The molecule has 24 heavy (non-hydrogen) atoms. The summed E-state index contributed by atoms with van der Waals surface area (Å²) < 4.78 is 29.6. The largest absolute Gasteiger partial charge is 0.497 e. The zero-order valence-corrected chi connectivity index (χ0v) is 13.5. The minimum atomic E-state index is -0.273. The minimum absolute atomic E-state index is 0.273. The van der Waals surface area contributed by atoms with E-state index in [1.807, 2.05) is 42.5 Å². The fourth-order valence-electron chi connectivity index (χ4n) is 2.35. The molecule has 0 radical (unpaired) electrons. The second-order valence-corrected chi connectivity index (χ2v) is 5.15. The molecule has 0 aliphatic carbocycles. The summed E-state index contributed by atoms with van der Waals surface area (Å²) in [6, 6.07) is 19.1. The Kier molecular flexibility index (Phi) is 4.66. The molecule has 0 fully saturated rings. The SMILES string of the molecule is COc1ccc(Oc2cc(OC)ccc2-c2ccc(F)cc2)cc1. The van der Waals surface area contributed by atoms with Gasteiger partial charge in [0, 0.05) is 11.6 Å². The van der Waals surface area contributed by atoms with Crippen LogP contribution in [0.2, 0.25) is 0 Å². The molecule has 0 saturated heterocycles. The molecule has 0 aliphatic heterocycles. The van der Waals surface area contributed by atoms with Crippen LogP contribution in [0.15, 0.2) is 66.7 Å². The third kappa shape index (κ3) is 3.49. The van der Waals surface area contributed by atoms with Crippen LogP contribution in [0.1, 0.15) is 0 Å². The van der Waals surface area contributed by atoms with Crippen molar-refractivity contribution in [3.05, 3.63) is 72.5 Å². The molecule has 0 saturated carbocycles. The molecule has 122 valence electrons. The number of ether oxygens (including phenoxy) is 3. The van der Waals surface area contributed by atoms with Crippen molar-refractivity contribution in [1.82, 2.24) is 0 Å². The van der Waals surface area contributed by atoms with Gasteiger partial charge in [-0.25, -0.2) is 4.39 Å². The summed E-state index contributed by atoms with van der Waals surface area (Å²) in [6.45, 7) is 0. The van der Waals surface area contributed by atoms with Crippen molar-refractivity contribution in [3.8, 4) is 34.1 Å². The van der Waals surface area contributed by atoms with E-state index in [0.29, 0.717) is 17.2 Å². The highest BCUT2D eigenvalue weighted by atomic mass is 19.1. The molecule has 0 amide bonds. The third-order valence-corrected chi connectivity index (χ3v) is 3.63. The summed E-state index contributed by atoms with van der Waals surface area (Å²) >= 11 is 0. The van der Waals surface area contributed by atoms with Gasteiger partial charge in [-0.3, -0.25) is 0 Å². The molecule has 0 spiro atoms.